The van der Waals surface area contributed by atoms with Crippen LogP contribution in [0.1, 0.15) is 5.56 Å². The van der Waals surface area contributed by atoms with Gasteiger partial charge in [0, 0.05) is 0 Å². The van der Waals surface area contributed by atoms with Gasteiger partial charge in [0.1, 0.15) is 4.21 Å². The van der Waals surface area contributed by atoms with E-state index in [1.165, 1.54) is 18.2 Å². The summed E-state index contributed by atoms with van der Waals surface area (Å²) in [5.41, 5.74) is -1.83. The van der Waals surface area contributed by atoms with Crippen LogP contribution in [0, 0.1) is 0 Å². The largest absolute Gasteiger partial charge is 0.418 e. The number of sulfonamides is 1. The molecule has 0 saturated carbocycles. The van der Waals surface area contributed by atoms with Crippen molar-refractivity contribution in [3.63, 3.8) is 0 Å². The third-order valence-corrected chi connectivity index (χ3v) is 6.15. The third-order valence-electron chi connectivity index (χ3n) is 2.37. The van der Waals surface area contributed by atoms with E-state index in [1.54, 1.807) is 0 Å². The average Bonchev–Trinajstić information content (AvgIpc) is 2.78. The van der Waals surface area contributed by atoms with Crippen LogP contribution in [0.25, 0.3) is 0 Å². The van der Waals surface area contributed by atoms with E-state index in [1.807, 2.05) is 4.72 Å². The lowest BCUT2D eigenvalue weighted by molar-refractivity contribution is -0.136. The maximum absolute atomic E-state index is 12.9. The number of halogens is 5. The second-order valence-corrected chi connectivity index (χ2v) is 8.60. The molecule has 0 aliphatic rings. The van der Waals surface area contributed by atoms with Crippen molar-refractivity contribution in [1.29, 1.82) is 0 Å². The molecule has 0 amide bonds. The van der Waals surface area contributed by atoms with Gasteiger partial charge in [0.2, 0.25) is 0 Å². The maximum Gasteiger partial charge on any atom is 0.418 e. The number of hydrogen-bond donors (Lipinski definition) is 1. The Balaban J connectivity index is 2.49. The molecular weight excluding hydrogens is 415 g/mol. The van der Waals surface area contributed by atoms with Gasteiger partial charge in [-0.2, -0.15) is 13.2 Å². The molecule has 114 valence electrons. The van der Waals surface area contributed by atoms with Crippen molar-refractivity contribution in [2.75, 3.05) is 4.72 Å². The highest BCUT2D eigenvalue weighted by atomic mass is 79.9. The van der Waals surface area contributed by atoms with Crippen LogP contribution in [0.4, 0.5) is 18.9 Å². The molecule has 2 aromatic rings. The van der Waals surface area contributed by atoms with E-state index in [2.05, 4.69) is 15.9 Å². The second-order valence-electron chi connectivity index (χ2n) is 3.82. The van der Waals surface area contributed by atoms with Gasteiger partial charge < -0.3 is 0 Å². The van der Waals surface area contributed by atoms with Gasteiger partial charge in [-0.15, -0.1) is 11.3 Å². The zero-order valence-corrected chi connectivity index (χ0v) is 13.9. The van der Waals surface area contributed by atoms with E-state index < -0.39 is 27.5 Å². The molecule has 0 radical (unpaired) electrons. The number of rotatable bonds is 3. The molecule has 3 nitrogen and oxygen atoms in total. The fraction of sp³-hybridized carbons (Fsp3) is 0.0909. The quantitative estimate of drug-likeness (QED) is 0.761. The summed E-state index contributed by atoms with van der Waals surface area (Å²) in [6.07, 6.45) is -4.72. The summed E-state index contributed by atoms with van der Waals surface area (Å²) in [5, 5.41) is -0.330. The Hall–Kier alpha value is -0.770. The molecule has 21 heavy (non-hydrogen) atoms. The van der Waals surface area contributed by atoms with Gasteiger partial charge in [-0.25, -0.2) is 8.42 Å². The Morgan fingerprint density at radius 2 is 1.86 bits per heavy atom. The Morgan fingerprint density at radius 1 is 1.19 bits per heavy atom. The van der Waals surface area contributed by atoms with Gasteiger partial charge in [0.25, 0.3) is 10.0 Å². The Bertz CT molecular complexity index is 774. The molecular formula is C11H6BrClF3NO2S2. The summed E-state index contributed by atoms with van der Waals surface area (Å²) in [6.45, 7) is 0. The van der Waals surface area contributed by atoms with Gasteiger partial charge in [-0.05, 0) is 40.2 Å². The minimum absolute atomic E-state index is 0.123. The van der Waals surface area contributed by atoms with Gasteiger partial charge in [-0.3, -0.25) is 4.72 Å². The molecule has 0 saturated heterocycles. The topological polar surface area (TPSA) is 46.2 Å². The van der Waals surface area contributed by atoms with Gasteiger partial charge in [0.15, 0.2) is 0 Å². The summed E-state index contributed by atoms with van der Waals surface area (Å²) in [6, 6.07) is 5.80. The average molecular weight is 421 g/mol. The maximum atomic E-state index is 12.9. The highest BCUT2D eigenvalue weighted by molar-refractivity contribution is 9.11. The second kappa shape index (κ2) is 5.79. The first-order valence-electron chi connectivity index (χ1n) is 5.25. The fourth-order valence-corrected chi connectivity index (χ4v) is 4.88. The predicted molar refractivity (Wildman–Crippen MR) is 79.3 cm³/mol. The fourth-order valence-electron chi connectivity index (χ4n) is 1.49. The lowest BCUT2D eigenvalue weighted by Crippen LogP contribution is -2.16. The van der Waals surface area contributed by atoms with E-state index in [9.17, 15) is 21.6 Å². The first-order chi connectivity index (χ1) is 9.61. The minimum Gasteiger partial charge on any atom is -0.277 e. The molecule has 2 rings (SSSR count). The summed E-state index contributed by atoms with van der Waals surface area (Å²) >= 11 is 9.67. The molecule has 0 unspecified atom stereocenters. The van der Waals surface area contributed by atoms with Crippen molar-refractivity contribution in [3.8, 4) is 0 Å². The smallest absolute Gasteiger partial charge is 0.277 e. The summed E-state index contributed by atoms with van der Waals surface area (Å²) in [5.74, 6) is 0. The van der Waals surface area contributed by atoms with Crippen molar-refractivity contribution in [2.24, 2.45) is 0 Å². The Morgan fingerprint density at radius 3 is 2.38 bits per heavy atom. The van der Waals surface area contributed by atoms with E-state index in [4.69, 9.17) is 11.6 Å². The standard InChI is InChI=1S/C11H6BrClF3NO2S2/c12-8-4-5-9(20-8)21(18,19)17-10-6(11(14,15)16)2-1-3-7(10)13/h1-5,17H. The van der Waals surface area contributed by atoms with Crippen LogP contribution in [-0.4, -0.2) is 8.42 Å². The number of thiophene rings is 1. The number of alkyl halides is 3. The first-order valence-corrected chi connectivity index (χ1v) is 8.72. The van der Waals surface area contributed by atoms with Crippen LogP contribution < -0.4 is 4.72 Å². The van der Waals surface area contributed by atoms with E-state index in [0.29, 0.717) is 3.79 Å². The lowest BCUT2D eigenvalue weighted by Gasteiger charge is -2.15. The van der Waals surface area contributed by atoms with Gasteiger partial charge >= 0.3 is 6.18 Å². The number of anilines is 1. The summed E-state index contributed by atoms with van der Waals surface area (Å²) in [4.78, 5) is 0. The van der Waals surface area contributed by atoms with E-state index in [0.717, 1.165) is 23.5 Å². The Labute approximate surface area is 135 Å². The number of hydrogen-bond acceptors (Lipinski definition) is 3. The van der Waals surface area contributed by atoms with E-state index >= 15 is 0 Å². The molecule has 10 heteroatoms. The van der Waals surface area contributed by atoms with Gasteiger partial charge in [0.05, 0.1) is 20.1 Å². The number of nitrogens with one attached hydrogen (secondary N) is 1. The monoisotopic (exact) mass is 419 g/mol. The molecule has 0 fully saturated rings. The molecule has 0 spiro atoms. The highest BCUT2D eigenvalue weighted by Gasteiger charge is 2.35. The highest BCUT2D eigenvalue weighted by Crippen LogP contribution is 2.40. The van der Waals surface area contributed by atoms with Crippen LogP contribution >= 0.6 is 38.9 Å². The van der Waals surface area contributed by atoms with Crippen LogP contribution in [0.3, 0.4) is 0 Å². The van der Waals surface area contributed by atoms with Crippen molar-refractivity contribution in [2.45, 2.75) is 10.4 Å². The molecule has 0 aliphatic heterocycles. The van der Waals surface area contributed by atoms with Crippen LogP contribution in [0.2, 0.25) is 5.02 Å². The number of para-hydroxylation sites is 1. The Kier molecular flexibility index (Phi) is 4.57. The van der Waals surface area contributed by atoms with Crippen LogP contribution in [-0.2, 0) is 16.2 Å². The molecule has 0 atom stereocenters. The molecule has 1 aromatic carbocycles. The van der Waals surface area contributed by atoms with E-state index in [-0.39, 0.29) is 9.23 Å². The summed E-state index contributed by atoms with van der Waals surface area (Å²) < 4.78 is 65.3. The molecule has 0 aliphatic carbocycles. The zero-order valence-electron chi connectivity index (χ0n) is 9.91. The van der Waals surface area contributed by atoms with Crippen molar-refractivity contribution >= 4 is 54.6 Å². The predicted octanol–water partition coefficient (Wildman–Crippen LogP) is 4.98. The lowest BCUT2D eigenvalue weighted by atomic mass is 10.2. The van der Waals surface area contributed by atoms with Crippen molar-refractivity contribution < 1.29 is 21.6 Å². The zero-order chi connectivity index (χ0) is 15.8. The molecule has 0 bridgehead atoms. The third kappa shape index (κ3) is 3.71. The molecule has 1 aromatic heterocycles. The van der Waals surface area contributed by atoms with Crippen LogP contribution in [0.15, 0.2) is 38.3 Å². The summed E-state index contributed by atoms with van der Waals surface area (Å²) in [7, 11) is -4.14. The van der Waals surface area contributed by atoms with Crippen molar-refractivity contribution in [1.82, 2.24) is 0 Å². The molecule has 1 N–H and O–H groups in total. The first kappa shape index (κ1) is 16.6. The van der Waals surface area contributed by atoms with Gasteiger partial charge in [-0.1, -0.05) is 17.7 Å². The number of benzene rings is 1. The minimum atomic E-state index is -4.72. The normalized spacial score (nSPS) is 12.4. The molecule has 1 heterocycles. The SMILES string of the molecule is O=S(=O)(Nc1c(Cl)cccc1C(F)(F)F)c1ccc(Br)s1. The van der Waals surface area contributed by atoms with Crippen LogP contribution in [0.5, 0.6) is 0 Å². The van der Waals surface area contributed by atoms with Crippen molar-refractivity contribution in [3.05, 3.63) is 44.7 Å².